The molecule has 14 aromatic carbocycles. The van der Waals surface area contributed by atoms with Gasteiger partial charge in [-0.25, -0.2) is 24.0 Å². The number of esters is 1. The molecule has 14 aromatic rings. The molecular weight excluding hydrogens is 1570 g/mol. The Bertz CT molecular complexity index is 5660. The number of nitrogens with two attached hydrogens (primary N) is 1. The third-order valence-electron chi connectivity index (χ3n) is 18.3. The van der Waals surface area contributed by atoms with Gasteiger partial charge in [0.15, 0.2) is 0 Å². The first-order valence-electron chi connectivity index (χ1n) is 39.8. The highest BCUT2D eigenvalue weighted by Gasteiger charge is 2.12. The van der Waals surface area contributed by atoms with Gasteiger partial charge >= 0.3 is 30.2 Å². The molecule has 0 spiro atoms. The zero-order valence-electron chi connectivity index (χ0n) is 72.3. The van der Waals surface area contributed by atoms with Crippen LogP contribution in [-0.4, -0.2) is 83.4 Å². The Morgan fingerprint density at radius 3 is 0.887 bits per heavy atom. The molecule has 0 saturated carbocycles. The van der Waals surface area contributed by atoms with Crippen molar-refractivity contribution in [2.75, 3.05) is 69.0 Å². The first-order valence-corrected chi connectivity index (χ1v) is 40.6. The molecule has 0 bridgehead atoms. The molecule has 14 rings (SSSR count). The second-order valence-electron chi connectivity index (χ2n) is 28.8. The standard InChI is InChI=1S/C16H18N2O.C15H16N2O.C15H15NO2.C15H15NO.C15H14O2.C14H14N2O.C14H15NO2S/c1-12-6-4-7-13(10-12)14-8-5-9-15(11-14)17-16(19)18(2)3;1-11-5-3-6-12(9-11)13-7-4-8-14(10-13)17-15(18)16-2;1-11-5-3-6-12(9-11)13-7-4-8-14(10-13)16-15(17)18-2;1-11-5-3-6-13(9-11)14-7-4-8-15(10-14)16-12(2)17;1-11-5-3-6-12(9-11)13-7-4-8-14(10-13)15(16)17-2;1-10-4-2-5-11(8-10)12-6-3-7-13(9-12)16-14(15)17;1-11-4-3-5-13(10-11)12-6-8-14(9-7-12)18-17-16-15-2/h4-11H,1-3H3,(H,17,19);3-10H,1-2H3,(H2,16,17,18);3-10H,1-2H3,(H,16,17);3-10H,1-2H3,(H,16,17);3-10H,1-2H3;2-9H,1H3,(H3,15,16,17);3-10,15H,1-2H3. The van der Waals surface area contributed by atoms with Crippen molar-refractivity contribution in [3.63, 3.8) is 0 Å². The highest BCUT2D eigenvalue weighted by Crippen LogP contribution is 2.31. The predicted molar refractivity (Wildman–Crippen MR) is 509 cm³/mol. The third kappa shape index (κ3) is 32.8. The number of urea groups is 3. The number of anilines is 5. The van der Waals surface area contributed by atoms with Crippen LogP contribution in [0.1, 0.15) is 56.2 Å². The van der Waals surface area contributed by atoms with Gasteiger partial charge in [-0.05, 0) is 211 Å². The van der Waals surface area contributed by atoms with Crippen LogP contribution in [0.4, 0.5) is 47.6 Å². The molecule has 634 valence electrons. The van der Waals surface area contributed by atoms with Crippen molar-refractivity contribution in [3.05, 3.63) is 384 Å². The molecule has 0 fully saturated rings. The van der Waals surface area contributed by atoms with Crippen molar-refractivity contribution in [2.45, 2.75) is 60.3 Å². The number of carbonyl (C=O) groups excluding carboxylic acids is 6. The van der Waals surface area contributed by atoms with Crippen LogP contribution in [0, 0.1) is 48.5 Å². The van der Waals surface area contributed by atoms with Crippen molar-refractivity contribution < 1.29 is 47.6 Å². The quantitative estimate of drug-likeness (QED) is 0.0139. The van der Waals surface area contributed by atoms with E-state index in [9.17, 15) is 28.8 Å². The molecule has 20 heteroatoms. The lowest BCUT2D eigenvalue weighted by Crippen LogP contribution is -2.27. The molecule has 0 unspecified atom stereocenters. The van der Waals surface area contributed by atoms with Gasteiger partial charge in [0, 0.05) is 68.4 Å². The number of hydrogen-bond acceptors (Lipinski definition) is 12. The number of benzene rings is 14. The smallest absolute Gasteiger partial charge is 0.411 e. The van der Waals surface area contributed by atoms with Crippen LogP contribution < -0.4 is 43.1 Å². The Morgan fingerprint density at radius 1 is 0.315 bits per heavy atom. The SMILES string of the molecule is CC(=O)Nc1cccc(-c2cccc(C)c2)c1.CNC(=O)Nc1cccc(-c2cccc(C)c2)c1.CNOOSc1ccc(-c2cccc(C)c2)cc1.COC(=O)Nc1cccc(-c2cccc(C)c2)c1.COC(=O)c1cccc(-c2cccc(C)c2)c1.Cc1cccc(-c2cccc(NC(=O)N(C)C)c2)c1.Cc1cccc(-c2cccc(NC(N)=O)c2)c1. The molecule has 0 aromatic heterocycles. The lowest BCUT2D eigenvalue weighted by Gasteiger charge is -2.13. The Kier molecular flexibility index (Phi) is 38.1. The van der Waals surface area contributed by atoms with Crippen molar-refractivity contribution in [3.8, 4) is 77.9 Å². The number of hydrogen-bond donors (Lipinski definition) is 8. The van der Waals surface area contributed by atoms with Gasteiger partial charge < -0.3 is 46.7 Å². The fraction of sp³-hybridized carbons (Fsp3) is 0.135. The Labute approximate surface area is 732 Å². The van der Waals surface area contributed by atoms with Gasteiger partial charge in [-0.15, -0.1) is 9.32 Å². The number of primary amides is 1. The first-order chi connectivity index (χ1) is 59.7. The minimum absolute atomic E-state index is 0.0496. The number of ether oxygens (including phenoxy) is 2. The van der Waals surface area contributed by atoms with Crippen molar-refractivity contribution in [1.82, 2.24) is 15.7 Å². The first kappa shape index (κ1) is 94.8. The van der Waals surface area contributed by atoms with E-state index in [1.807, 2.05) is 219 Å². The molecule has 0 atom stereocenters. The van der Waals surface area contributed by atoms with E-state index in [0.29, 0.717) is 11.3 Å². The van der Waals surface area contributed by atoms with Crippen molar-refractivity contribution in [2.24, 2.45) is 5.73 Å². The van der Waals surface area contributed by atoms with E-state index in [4.69, 9.17) is 14.8 Å². The highest BCUT2D eigenvalue weighted by molar-refractivity contribution is 7.94. The average Bonchev–Trinajstić information content (AvgIpc) is 0.843. The molecule has 19 nitrogen and oxygen atoms in total. The summed E-state index contributed by atoms with van der Waals surface area (Å²) in [5.41, 5.74) is 36.2. The van der Waals surface area contributed by atoms with Gasteiger partial charge in [0.1, 0.15) is 0 Å². The van der Waals surface area contributed by atoms with Gasteiger partial charge in [0.2, 0.25) is 5.91 Å². The summed E-state index contributed by atoms with van der Waals surface area (Å²) in [6.07, 6.45) is -0.462. The number of amides is 8. The summed E-state index contributed by atoms with van der Waals surface area (Å²) in [4.78, 5) is 74.3. The Balaban J connectivity index is 0.000000179. The average molecular weight is 1680 g/mol. The van der Waals surface area contributed by atoms with E-state index in [1.54, 1.807) is 34.3 Å². The van der Waals surface area contributed by atoms with Crippen LogP contribution >= 0.6 is 12.0 Å². The zero-order valence-corrected chi connectivity index (χ0v) is 73.2. The van der Waals surface area contributed by atoms with Crippen molar-refractivity contribution >= 4 is 76.5 Å². The van der Waals surface area contributed by atoms with E-state index in [0.717, 1.165) is 94.4 Å². The summed E-state index contributed by atoms with van der Waals surface area (Å²) in [5.74, 6) is -0.356. The fourth-order valence-corrected chi connectivity index (χ4v) is 12.8. The van der Waals surface area contributed by atoms with E-state index in [1.165, 1.54) is 88.2 Å². The van der Waals surface area contributed by atoms with Crippen LogP contribution in [0.5, 0.6) is 0 Å². The second-order valence-corrected chi connectivity index (χ2v) is 29.6. The Morgan fingerprint density at radius 2 is 0.597 bits per heavy atom. The molecule has 8 amide bonds. The van der Waals surface area contributed by atoms with E-state index >= 15 is 0 Å². The number of rotatable bonds is 17. The Hall–Kier alpha value is -14.7. The van der Waals surface area contributed by atoms with E-state index in [-0.39, 0.29) is 23.9 Å². The minimum atomic E-state index is -0.550. The van der Waals surface area contributed by atoms with Crippen LogP contribution in [-0.2, 0) is 23.6 Å². The maximum Gasteiger partial charge on any atom is 0.411 e. The zero-order chi connectivity index (χ0) is 89.3. The lowest BCUT2D eigenvalue weighted by molar-refractivity contribution is -0.237. The van der Waals surface area contributed by atoms with Crippen LogP contribution in [0.25, 0.3) is 77.9 Å². The van der Waals surface area contributed by atoms with Crippen molar-refractivity contribution in [1.29, 1.82) is 0 Å². The number of nitrogens with zero attached hydrogens (tertiary/aromatic N) is 1. The number of aryl methyl sites for hydroxylation is 7. The van der Waals surface area contributed by atoms with E-state index in [2.05, 4.69) is 210 Å². The minimum Gasteiger partial charge on any atom is -0.465 e. The second kappa shape index (κ2) is 49.8. The largest absolute Gasteiger partial charge is 0.465 e. The lowest BCUT2D eigenvalue weighted by atomic mass is 10.0. The maximum absolute atomic E-state index is 11.6. The summed E-state index contributed by atoms with van der Waals surface area (Å²) in [6, 6.07) is 111. The maximum atomic E-state index is 11.6. The molecule has 0 aliphatic carbocycles. The summed E-state index contributed by atoms with van der Waals surface area (Å²) >= 11 is 1.17. The van der Waals surface area contributed by atoms with Crippen LogP contribution in [0.15, 0.2) is 345 Å². The normalized spacial score (nSPS) is 10.0. The summed E-state index contributed by atoms with van der Waals surface area (Å²) in [7, 11) is 9.42. The third-order valence-corrected chi connectivity index (χ3v) is 18.9. The van der Waals surface area contributed by atoms with Gasteiger partial charge in [-0.1, -0.05) is 294 Å². The van der Waals surface area contributed by atoms with Gasteiger partial charge in [-0.3, -0.25) is 10.1 Å². The number of carbonyl (C=O) groups is 6. The predicted octanol–water partition coefficient (Wildman–Crippen LogP) is 25.0. The monoisotopic (exact) mass is 1670 g/mol. The number of hydroxylamine groups is 1. The van der Waals surface area contributed by atoms with E-state index < -0.39 is 12.1 Å². The molecule has 0 aliphatic rings. The fourth-order valence-electron chi connectivity index (χ4n) is 12.3. The molecule has 124 heavy (non-hydrogen) atoms. The molecule has 9 N–H and O–H groups in total. The molecule has 0 saturated heterocycles. The number of methoxy groups -OCH3 is 2. The topological polar surface area (TPSA) is 253 Å². The summed E-state index contributed by atoms with van der Waals surface area (Å²) in [5, 5.41) is 16.2. The van der Waals surface area contributed by atoms with Crippen LogP contribution in [0.2, 0.25) is 0 Å². The van der Waals surface area contributed by atoms with Gasteiger partial charge in [0.05, 0.1) is 31.8 Å². The van der Waals surface area contributed by atoms with Gasteiger partial charge in [0.25, 0.3) is 0 Å². The molecule has 0 heterocycles. The molecule has 0 radical (unpaired) electrons. The van der Waals surface area contributed by atoms with Crippen LogP contribution in [0.3, 0.4) is 0 Å². The van der Waals surface area contributed by atoms with Gasteiger partial charge in [-0.2, -0.15) is 5.48 Å². The molecule has 0 aliphatic heterocycles. The highest BCUT2D eigenvalue weighted by atomic mass is 32.2. The summed E-state index contributed by atoms with van der Waals surface area (Å²) < 4.78 is 14.1. The summed E-state index contributed by atoms with van der Waals surface area (Å²) in [6.45, 7) is 16.0. The number of nitrogens with one attached hydrogen (secondary N) is 7. The molecular formula is C104H107N9O10S.